The Bertz CT molecular complexity index is 347. The van der Waals surface area contributed by atoms with Gasteiger partial charge in [-0.15, -0.1) is 0 Å². The standard InChI is InChI=1S/C12H16BrNO/c1-9-3-4-10(5-12(9)13)6-14-7-11(8-14)15-2/h3-5,11H,6-8H2,1-2H3. The second-order valence-electron chi connectivity index (χ2n) is 4.14. The van der Waals surface area contributed by atoms with Gasteiger partial charge in [0, 0.05) is 31.2 Å². The predicted molar refractivity (Wildman–Crippen MR) is 65.0 cm³/mol. The van der Waals surface area contributed by atoms with Crippen molar-refractivity contribution in [2.75, 3.05) is 20.2 Å². The van der Waals surface area contributed by atoms with E-state index in [4.69, 9.17) is 4.74 Å². The van der Waals surface area contributed by atoms with Crippen molar-refractivity contribution in [3.63, 3.8) is 0 Å². The fraction of sp³-hybridized carbons (Fsp3) is 0.500. The lowest BCUT2D eigenvalue weighted by Crippen LogP contribution is -2.50. The second kappa shape index (κ2) is 4.64. The second-order valence-corrected chi connectivity index (χ2v) is 4.99. The van der Waals surface area contributed by atoms with Gasteiger partial charge in [-0.1, -0.05) is 28.1 Å². The Morgan fingerprint density at radius 2 is 2.20 bits per heavy atom. The molecule has 82 valence electrons. The molecule has 1 aliphatic heterocycles. The normalized spacial score (nSPS) is 17.8. The monoisotopic (exact) mass is 269 g/mol. The van der Waals surface area contributed by atoms with E-state index in [1.54, 1.807) is 7.11 Å². The first-order valence-electron chi connectivity index (χ1n) is 5.19. The lowest BCUT2D eigenvalue weighted by molar-refractivity contribution is -0.0334. The molecular formula is C12H16BrNO. The Hall–Kier alpha value is -0.380. The van der Waals surface area contributed by atoms with Crippen LogP contribution in [0.4, 0.5) is 0 Å². The molecule has 0 saturated carbocycles. The predicted octanol–water partition coefficient (Wildman–Crippen LogP) is 2.59. The zero-order valence-corrected chi connectivity index (χ0v) is 10.8. The van der Waals surface area contributed by atoms with Gasteiger partial charge in [-0.05, 0) is 24.1 Å². The van der Waals surface area contributed by atoms with Crippen LogP contribution in [0.25, 0.3) is 0 Å². The summed E-state index contributed by atoms with van der Waals surface area (Å²) in [5.41, 5.74) is 2.65. The fourth-order valence-electron chi connectivity index (χ4n) is 1.79. The first kappa shape index (κ1) is 11.1. The highest BCUT2D eigenvalue weighted by Gasteiger charge is 2.25. The molecule has 0 spiro atoms. The van der Waals surface area contributed by atoms with E-state index in [9.17, 15) is 0 Å². The number of nitrogens with zero attached hydrogens (tertiary/aromatic N) is 1. The van der Waals surface area contributed by atoms with Gasteiger partial charge in [0.2, 0.25) is 0 Å². The smallest absolute Gasteiger partial charge is 0.0825 e. The molecule has 1 heterocycles. The molecule has 1 fully saturated rings. The Morgan fingerprint density at radius 1 is 1.47 bits per heavy atom. The summed E-state index contributed by atoms with van der Waals surface area (Å²) >= 11 is 3.56. The molecule has 0 unspecified atom stereocenters. The van der Waals surface area contributed by atoms with Crippen molar-refractivity contribution < 1.29 is 4.74 Å². The highest BCUT2D eigenvalue weighted by atomic mass is 79.9. The zero-order chi connectivity index (χ0) is 10.8. The molecule has 0 N–H and O–H groups in total. The maximum absolute atomic E-state index is 5.25. The number of aryl methyl sites for hydroxylation is 1. The summed E-state index contributed by atoms with van der Waals surface area (Å²) in [6.07, 6.45) is 0.443. The molecule has 0 aromatic heterocycles. The van der Waals surface area contributed by atoms with Crippen LogP contribution < -0.4 is 0 Å². The third-order valence-electron chi connectivity index (χ3n) is 2.90. The van der Waals surface area contributed by atoms with Gasteiger partial charge >= 0.3 is 0 Å². The molecule has 0 bridgehead atoms. The minimum Gasteiger partial charge on any atom is -0.379 e. The van der Waals surface area contributed by atoms with Gasteiger partial charge in [-0.25, -0.2) is 0 Å². The summed E-state index contributed by atoms with van der Waals surface area (Å²) < 4.78 is 6.44. The molecule has 1 aliphatic rings. The first-order chi connectivity index (χ1) is 7.19. The summed E-state index contributed by atoms with van der Waals surface area (Å²) in [5, 5.41) is 0. The topological polar surface area (TPSA) is 12.5 Å². The molecule has 1 saturated heterocycles. The fourth-order valence-corrected chi connectivity index (χ4v) is 2.22. The Kier molecular flexibility index (Phi) is 3.44. The number of rotatable bonds is 3. The van der Waals surface area contributed by atoms with E-state index in [-0.39, 0.29) is 0 Å². The number of ether oxygens (including phenoxy) is 1. The Labute approximate surface area is 99.4 Å². The number of likely N-dealkylation sites (tertiary alicyclic amines) is 1. The van der Waals surface area contributed by atoms with Crippen LogP contribution in [0.5, 0.6) is 0 Å². The van der Waals surface area contributed by atoms with Gasteiger partial charge in [0.15, 0.2) is 0 Å². The number of hydrogen-bond acceptors (Lipinski definition) is 2. The number of halogens is 1. The highest BCUT2D eigenvalue weighted by molar-refractivity contribution is 9.10. The first-order valence-corrected chi connectivity index (χ1v) is 5.98. The summed E-state index contributed by atoms with van der Waals surface area (Å²) in [4.78, 5) is 2.39. The largest absolute Gasteiger partial charge is 0.379 e. The van der Waals surface area contributed by atoms with Gasteiger partial charge in [0.1, 0.15) is 0 Å². The molecule has 0 atom stereocenters. The SMILES string of the molecule is COC1CN(Cc2ccc(C)c(Br)c2)C1. The van der Waals surface area contributed by atoms with Crippen molar-refractivity contribution >= 4 is 15.9 Å². The van der Waals surface area contributed by atoms with Crippen molar-refractivity contribution in [1.29, 1.82) is 0 Å². The number of benzene rings is 1. The average molecular weight is 270 g/mol. The molecule has 3 heteroatoms. The summed E-state index contributed by atoms with van der Waals surface area (Å²) in [7, 11) is 1.78. The van der Waals surface area contributed by atoms with Gasteiger partial charge in [0.25, 0.3) is 0 Å². The van der Waals surface area contributed by atoms with E-state index >= 15 is 0 Å². The molecule has 0 aliphatic carbocycles. The quantitative estimate of drug-likeness (QED) is 0.837. The molecule has 2 rings (SSSR count). The van der Waals surface area contributed by atoms with Crippen LogP contribution in [0.15, 0.2) is 22.7 Å². The van der Waals surface area contributed by atoms with Crippen molar-refractivity contribution in [3.05, 3.63) is 33.8 Å². The lowest BCUT2D eigenvalue weighted by atomic mass is 10.1. The van der Waals surface area contributed by atoms with Gasteiger partial charge in [0.05, 0.1) is 6.10 Å². The van der Waals surface area contributed by atoms with E-state index < -0.39 is 0 Å². The van der Waals surface area contributed by atoms with Gasteiger partial charge in [-0.2, -0.15) is 0 Å². The molecular weight excluding hydrogens is 254 g/mol. The lowest BCUT2D eigenvalue weighted by Gasteiger charge is -2.38. The van der Waals surface area contributed by atoms with Crippen LogP contribution in [0.1, 0.15) is 11.1 Å². The van der Waals surface area contributed by atoms with Gasteiger partial charge < -0.3 is 4.74 Å². The van der Waals surface area contributed by atoms with E-state index in [1.165, 1.54) is 15.6 Å². The minimum atomic E-state index is 0.443. The van der Waals surface area contributed by atoms with E-state index in [2.05, 4.69) is 46.0 Å². The minimum absolute atomic E-state index is 0.443. The molecule has 1 aromatic carbocycles. The summed E-state index contributed by atoms with van der Waals surface area (Å²) in [6.45, 7) is 5.25. The Morgan fingerprint density at radius 3 is 2.80 bits per heavy atom. The van der Waals surface area contributed by atoms with Crippen molar-refractivity contribution in [2.24, 2.45) is 0 Å². The zero-order valence-electron chi connectivity index (χ0n) is 9.16. The molecule has 1 aromatic rings. The van der Waals surface area contributed by atoms with E-state index in [0.29, 0.717) is 6.10 Å². The number of methoxy groups -OCH3 is 1. The molecule has 0 radical (unpaired) electrons. The third-order valence-corrected chi connectivity index (χ3v) is 3.75. The maximum Gasteiger partial charge on any atom is 0.0825 e. The maximum atomic E-state index is 5.25. The van der Waals surface area contributed by atoms with Gasteiger partial charge in [-0.3, -0.25) is 4.90 Å². The van der Waals surface area contributed by atoms with Crippen molar-refractivity contribution in [1.82, 2.24) is 4.90 Å². The van der Waals surface area contributed by atoms with Crippen LogP contribution in [-0.2, 0) is 11.3 Å². The molecule has 2 nitrogen and oxygen atoms in total. The Balaban J connectivity index is 1.92. The van der Waals surface area contributed by atoms with Crippen LogP contribution in [-0.4, -0.2) is 31.2 Å². The highest BCUT2D eigenvalue weighted by Crippen LogP contribution is 2.20. The number of hydrogen-bond donors (Lipinski definition) is 0. The van der Waals surface area contributed by atoms with E-state index in [0.717, 1.165) is 19.6 Å². The van der Waals surface area contributed by atoms with Crippen LogP contribution in [0, 0.1) is 6.92 Å². The average Bonchev–Trinajstić information content (AvgIpc) is 2.16. The van der Waals surface area contributed by atoms with Crippen LogP contribution in [0.2, 0.25) is 0 Å². The molecule has 15 heavy (non-hydrogen) atoms. The third kappa shape index (κ3) is 2.60. The van der Waals surface area contributed by atoms with Crippen molar-refractivity contribution in [2.45, 2.75) is 19.6 Å². The summed E-state index contributed by atoms with van der Waals surface area (Å²) in [6, 6.07) is 6.56. The van der Waals surface area contributed by atoms with E-state index in [1.807, 2.05) is 0 Å². The van der Waals surface area contributed by atoms with Crippen molar-refractivity contribution in [3.8, 4) is 0 Å². The molecule has 0 amide bonds. The summed E-state index contributed by atoms with van der Waals surface area (Å²) in [5.74, 6) is 0. The van der Waals surface area contributed by atoms with Crippen LogP contribution in [0.3, 0.4) is 0 Å². The van der Waals surface area contributed by atoms with Crippen LogP contribution >= 0.6 is 15.9 Å².